The van der Waals surface area contributed by atoms with E-state index >= 15 is 0 Å². The van der Waals surface area contributed by atoms with Gasteiger partial charge in [0, 0.05) is 10.7 Å². The van der Waals surface area contributed by atoms with Gasteiger partial charge < -0.3 is 10.4 Å². The Morgan fingerprint density at radius 1 is 1.42 bits per heavy atom. The third-order valence-electron chi connectivity index (χ3n) is 3.67. The smallest absolute Gasteiger partial charge is 0.307 e. The third kappa shape index (κ3) is 2.49. The number of hydrogen-bond acceptors (Lipinski definition) is 3. The zero-order valence-corrected chi connectivity index (χ0v) is 12.5. The Kier molecular flexibility index (Phi) is 3.38. The molecule has 1 fully saturated rings. The number of halogens is 1. The summed E-state index contributed by atoms with van der Waals surface area (Å²) in [5, 5.41) is 11.7. The average molecular weight is 327 g/mol. The lowest BCUT2D eigenvalue weighted by atomic mass is 10.1. The van der Waals surface area contributed by atoms with Gasteiger partial charge >= 0.3 is 5.97 Å². The number of pyridine rings is 1. The van der Waals surface area contributed by atoms with Gasteiger partial charge in [-0.15, -0.1) is 0 Å². The van der Waals surface area contributed by atoms with Crippen LogP contribution < -0.4 is 5.32 Å². The number of hydrogen-bond donors (Lipinski definition) is 2. The van der Waals surface area contributed by atoms with E-state index < -0.39 is 23.2 Å². The number of aromatic nitrogens is 1. The Hall–Kier alpha value is -1.43. The zero-order valence-electron chi connectivity index (χ0n) is 10.9. The summed E-state index contributed by atoms with van der Waals surface area (Å²) in [5.41, 5.74) is 0.454. The van der Waals surface area contributed by atoms with Crippen molar-refractivity contribution in [2.45, 2.75) is 20.8 Å². The Bertz CT molecular complexity index is 557. The van der Waals surface area contributed by atoms with Crippen molar-refractivity contribution in [3.8, 4) is 0 Å². The number of rotatable bonds is 3. The van der Waals surface area contributed by atoms with Crippen molar-refractivity contribution in [1.29, 1.82) is 0 Å². The topological polar surface area (TPSA) is 79.3 Å². The van der Waals surface area contributed by atoms with Crippen molar-refractivity contribution in [3.63, 3.8) is 0 Å². The van der Waals surface area contributed by atoms with E-state index in [0.717, 1.165) is 10.0 Å². The normalized spacial score (nSPS) is 23.8. The summed E-state index contributed by atoms with van der Waals surface area (Å²) in [4.78, 5) is 27.2. The van der Waals surface area contributed by atoms with Gasteiger partial charge in [0.15, 0.2) is 0 Å². The summed E-state index contributed by atoms with van der Waals surface area (Å²) in [6, 6.07) is 1.74. The molecule has 0 spiro atoms. The number of carbonyl (C=O) groups excluding carboxylic acids is 1. The molecule has 19 heavy (non-hydrogen) atoms. The van der Waals surface area contributed by atoms with E-state index in [9.17, 15) is 9.59 Å². The molecule has 0 bridgehead atoms. The van der Waals surface area contributed by atoms with Gasteiger partial charge in [-0.25, -0.2) is 4.98 Å². The van der Waals surface area contributed by atoms with Crippen LogP contribution in [0.2, 0.25) is 0 Å². The summed E-state index contributed by atoms with van der Waals surface area (Å²) in [7, 11) is 0. The molecule has 1 saturated carbocycles. The Morgan fingerprint density at radius 3 is 2.53 bits per heavy atom. The van der Waals surface area contributed by atoms with Gasteiger partial charge in [-0.05, 0) is 39.9 Å². The maximum absolute atomic E-state index is 12.1. The van der Waals surface area contributed by atoms with Crippen molar-refractivity contribution >= 4 is 33.6 Å². The van der Waals surface area contributed by atoms with Crippen molar-refractivity contribution < 1.29 is 14.7 Å². The van der Waals surface area contributed by atoms with Gasteiger partial charge in [-0.3, -0.25) is 9.59 Å². The highest BCUT2D eigenvalue weighted by atomic mass is 79.9. The number of nitrogens with one attached hydrogen (secondary N) is 1. The molecule has 2 atom stereocenters. The second-order valence-electron chi connectivity index (χ2n) is 5.42. The standard InChI is InChI=1S/C13H15BrN2O3/c1-6-4-8(15-5-7(6)14)16-11(17)9-10(12(18)19)13(9,2)3/h4-5,9-10H,1-3H3,(H,18,19)(H,15,16,17). The number of carboxylic acids is 1. The van der Waals surface area contributed by atoms with E-state index in [1.165, 1.54) is 0 Å². The predicted octanol–water partition coefficient (Wildman–Crippen LogP) is 2.45. The Balaban J connectivity index is 2.10. The molecule has 1 aliphatic rings. The summed E-state index contributed by atoms with van der Waals surface area (Å²) in [6.07, 6.45) is 1.61. The molecule has 0 aliphatic heterocycles. The molecule has 1 aromatic rings. The highest BCUT2D eigenvalue weighted by Crippen LogP contribution is 2.58. The van der Waals surface area contributed by atoms with Crippen molar-refractivity contribution in [2.24, 2.45) is 17.3 Å². The van der Waals surface area contributed by atoms with Crippen LogP contribution in [0.3, 0.4) is 0 Å². The number of anilines is 1. The number of carbonyl (C=O) groups is 2. The molecule has 1 amide bonds. The molecule has 1 aromatic heterocycles. The molecule has 0 aromatic carbocycles. The second-order valence-corrected chi connectivity index (χ2v) is 6.28. The lowest BCUT2D eigenvalue weighted by Gasteiger charge is -2.06. The Morgan fingerprint density at radius 2 is 2.05 bits per heavy atom. The highest BCUT2D eigenvalue weighted by Gasteiger charge is 2.65. The summed E-state index contributed by atoms with van der Waals surface area (Å²) in [5.74, 6) is -1.89. The molecule has 2 N–H and O–H groups in total. The highest BCUT2D eigenvalue weighted by molar-refractivity contribution is 9.10. The minimum Gasteiger partial charge on any atom is -0.481 e. The van der Waals surface area contributed by atoms with Crippen LogP contribution >= 0.6 is 15.9 Å². The van der Waals surface area contributed by atoms with Gasteiger partial charge in [-0.1, -0.05) is 13.8 Å². The molecular weight excluding hydrogens is 312 g/mol. The van der Waals surface area contributed by atoms with Gasteiger partial charge in [0.25, 0.3) is 0 Å². The third-order valence-corrected chi connectivity index (χ3v) is 4.50. The minimum atomic E-state index is -0.926. The van der Waals surface area contributed by atoms with Gasteiger partial charge in [-0.2, -0.15) is 0 Å². The Labute approximate surface area is 119 Å². The predicted molar refractivity (Wildman–Crippen MR) is 73.7 cm³/mol. The molecule has 1 heterocycles. The fourth-order valence-corrected chi connectivity index (χ4v) is 2.62. The summed E-state index contributed by atoms with van der Waals surface area (Å²) >= 11 is 3.33. The van der Waals surface area contributed by atoms with E-state index in [1.807, 2.05) is 6.92 Å². The van der Waals surface area contributed by atoms with Crippen LogP contribution in [0.1, 0.15) is 19.4 Å². The first kappa shape index (κ1) is 14.0. The quantitative estimate of drug-likeness (QED) is 0.894. The number of nitrogens with zero attached hydrogens (tertiary/aromatic N) is 1. The van der Waals surface area contributed by atoms with Crippen LogP contribution in [-0.4, -0.2) is 22.0 Å². The van der Waals surface area contributed by atoms with Gasteiger partial charge in [0.05, 0.1) is 11.8 Å². The van der Waals surface area contributed by atoms with Crippen molar-refractivity contribution in [2.75, 3.05) is 5.32 Å². The second kappa shape index (κ2) is 4.59. The van der Waals surface area contributed by atoms with Crippen LogP contribution in [0.25, 0.3) is 0 Å². The zero-order chi connectivity index (χ0) is 14.4. The average Bonchev–Trinajstić information content (AvgIpc) is 2.87. The van der Waals surface area contributed by atoms with E-state index in [0.29, 0.717) is 5.82 Å². The van der Waals surface area contributed by atoms with E-state index in [-0.39, 0.29) is 5.91 Å². The lowest BCUT2D eigenvalue weighted by Crippen LogP contribution is -2.18. The van der Waals surface area contributed by atoms with Gasteiger partial charge in [0.1, 0.15) is 5.82 Å². The van der Waals surface area contributed by atoms with Gasteiger partial charge in [0.2, 0.25) is 5.91 Å². The fourth-order valence-electron chi connectivity index (χ4n) is 2.40. The number of carboxylic acid groups (broad SMARTS) is 1. The first-order chi connectivity index (χ1) is 8.75. The first-order valence-corrected chi connectivity index (χ1v) is 6.70. The van der Waals surface area contributed by atoms with E-state index in [2.05, 4.69) is 26.2 Å². The number of aryl methyl sites for hydroxylation is 1. The lowest BCUT2D eigenvalue weighted by molar-refractivity contribution is -0.140. The molecule has 6 heteroatoms. The molecule has 5 nitrogen and oxygen atoms in total. The fraction of sp³-hybridized carbons (Fsp3) is 0.462. The van der Waals surface area contributed by atoms with Crippen LogP contribution in [0, 0.1) is 24.2 Å². The van der Waals surface area contributed by atoms with E-state index in [4.69, 9.17) is 5.11 Å². The molecular formula is C13H15BrN2O3. The monoisotopic (exact) mass is 326 g/mol. The van der Waals surface area contributed by atoms with Crippen molar-refractivity contribution in [1.82, 2.24) is 4.98 Å². The molecule has 102 valence electrons. The molecule has 2 unspecified atom stereocenters. The van der Waals surface area contributed by atoms with Crippen LogP contribution in [0.15, 0.2) is 16.7 Å². The maximum Gasteiger partial charge on any atom is 0.307 e. The molecule has 1 aliphatic carbocycles. The minimum absolute atomic E-state index is 0.286. The molecule has 0 saturated heterocycles. The van der Waals surface area contributed by atoms with E-state index in [1.54, 1.807) is 26.1 Å². The van der Waals surface area contributed by atoms with Crippen molar-refractivity contribution in [3.05, 3.63) is 22.3 Å². The molecule has 2 rings (SSSR count). The summed E-state index contributed by atoms with van der Waals surface area (Å²) in [6.45, 7) is 5.47. The van der Waals surface area contributed by atoms with Crippen LogP contribution in [-0.2, 0) is 9.59 Å². The molecule has 0 radical (unpaired) electrons. The number of amides is 1. The summed E-state index contributed by atoms with van der Waals surface area (Å²) < 4.78 is 0.862. The van der Waals surface area contributed by atoms with Crippen LogP contribution in [0.4, 0.5) is 5.82 Å². The SMILES string of the molecule is Cc1cc(NC(=O)C2C(C(=O)O)C2(C)C)ncc1Br. The largest absolute Gasteiger partial charge is 0.481 e. The van der Waals surface area contributed by atoms with Crippen LogP contribution in [0.5, 0.6) is 0 Å². The maximum atomic E-state index is 12.1. The number of aliphatic carboxylic acids is 1. The first-order valence-electron chi connectivity index (χ1n) is 5.91.